The summed E-state index contributed by atoms with van der Waals surface area (Å²) in [4.78, 5) is 11.1. The summed E-state index contributed by atoms with van der Waals surface area (Å²) in [6.45, 7) is 0. The van der Waals surface area contributed by atoms with Crippen molar-refractivity contribution >= 4 is 52.1 Å². The first-order valence-electron chi connectivity index (χ1n) is 5.21. The van der Waals surface area contributed by atoms with Gasteiger partial charge in [-0.1, -0.05) is 34.8 Å². The SMILES string of the molecule is O=C(O)c1cc(Cl)ccc1Nc1cc(Cl)cc(Cl)c1. The average molecular weight is 317 g/mol. The summed E-state index contributed by atoms with van der Waals surface area (Å²) in [6.07, 6.45) is 0. The van der Waals surface area contributed by atoms with Crippen LogP contribution in [0.25, 0.3) is 0 Å². The minimum Gasteiger partial charge on any atom is -0.478 e. The Balaban J connectivity index is 2.40. The zero-order chi connectivity index (χ0) is 14.0. The average Bonchev–Trinajstić information content (AvgIpc) is 2.30. The Labute approximate surface area is 124 Å². The van der Waals surface area contributed by atoms with E-state index < -0.39 is 5.97 Å². The zero-order valence-electron chi connectivity index (χ0n) is 9.45. The molecule has 0 unspecified atom stereocenters. The van der Waals surface area contributed by atoms with Crippen LogP contribution < -0.4 is 5.32 Å². The molecule has 0 aliphatic rings. The summed E-state index contributed by atoms with van der Waals surface area (Å²) in [7, 11) is 0. The third-order valence-corrected chi connectivity index (χ3v) is 3.03. The highest BCUT2D eigenvalue weighted by atomic mass is 35.5. The lowest BCUT2D eigenvalue weighted by atomic mass is 10.1. The number of carbonyl (C=O) groups is 1. The van der Waals surface area contributed by atoms with Gasteiger partial charge in [0.05, 0.1) is 11.3 Å². The molecule has 0 aromatic heterocycles. The fourth-order valence-electron chi connectivity index (χ4n) is 1.58. The Bertz CT molecular complexity index is 624. The molecule has 6 heteroatoms. The van der Waals surface area contributed by atoms with Crippen molar-refractivity contribution in [2.75, 3.05) is 5.32 Å². The van der Waals surface area contributed by atoms with E-state index in [0.717, 1.165) is 0 Å². The third kappa shape index (κ3) is 3.53. The number of anilines is 2. The van der Waals surface area contributed by atoms with Gasteiger partial charge in [0.1, 0.15) is 0 Å². The van der Waals surface area contributed by atoms with Crippen molar-refractivity contribution in [2.45, 2.75) is 0 Å². The van der Waals surface area contributed by atoms with Crippen molar-refractivity contribution in [3.05, 3.63) is 57.0 Å². The van der Waals surface area contributed by atoms with E-state index in [1.807, 2.05) is 0 Å². The molecule has 2 aromatic carbocycles. The quantitative estimate of drug-likeness (QED) is 0.829. The summed E-state index contributed by atoms with van der Waals surface area (Å²) in [5, 5.41) is 13.4. The van der Waals surface area contributed by atoms with Crippen molar-refractivity contribution in [2.24, 2.45) is 0 Å². The van der Waals surface area contributed by atoms with Crippen LogP contribution in [0, 0.1) is 0 Å². The number of benzene rings is 2. The van der Waals surface area contributed by atoms with Gasteiger partial charge in [0.2, 0.25) is 0 Å². The van der Waals surface area contributed by atoms with E-state index >= 15 is 0 Å². The molecule has 0 saturated carbocycles. The zero-order valence-corrected chi connectivity index (χ0v) is 11.7. The number of rotatable bonds is 3. The second-order valence-corrected chi connectivity index (χ2v) is 5.09. The fourth-order valence-corrected chi connectivity index (χ4v) is 2.28. The van der Waals surface area contributed by atoms with Crippen LogP contribution in [0.15, 0.2) is 36.4 Å². The van der Waals surface area contributed by atoms with Crippen molar-refractivity contribution in [1.82, 2.24) is 0 Å². The van der Waals surface area contributed by atoms with Gasteiger partial charge in [-0.2, -0.15) is 0 Å². The first-order chi connectivity index (χ1) is 8.95. The number of aromatic carboxylic acids is 1. The Morgan fingerprint density at radius 2 is 1.58 bits per heavy atom. The number of halogens is 3. The molecule has 0 amide bonds. The maximum atomic E-state index is 11.1. The number of carboxylic acid groups (broad SMARTS) is 1. The van der Waals surface area contributed by atoms with E-state index in [4.69, 9.17) is 39.9 Å². The van der Waals surface area contributed by atoms with E-state index in [1.165, 1.54) is 6.07 Å². The number of carboxylic acids is 1. The molecule has 19 heavy (non-hydrogen) atoms. The van der Waals surface area contributed by atoms with Crippen LogP contribution in [0.4, 0.5) is 11.4 Å². The van der Waals surface area contributed by atoms with Gasteiger partial charge in [-0.25, -0.2) is 4.79 Å². The van der Waals surface area contributed by atoms with E-state index in [-0.39, 0.29) is 5.56 Å². The lowest BCUT2D eigenvalue weighted by Crippen LogP contribution is -2.02. The molecule has 0 spiro atoms. The summed E-state index contributed by atoms with van der Waals surface area (Å²) >= 11 is 17.5. The van der Waals surface area contributed by atoms with Crippen LogP contribution >= 0.6 is 34.8 Å². The highest BCUT2D eigenvalue weighted by molar-refractivity contribution is 6.35. The standard InChI is InChI=1S/C13H8Cl3NO2/c14-7-1-2-12(11(6-7)13(18)19)17-10-4-8(15)3-9(16)5-10/h1-6,17H,(H,18,19). The molecule has 0 saturated heterocycles. The molecular formula is C13H8Cl3NO2. The van der Waals surface area contributed by atoms with Crippen molar-refractivity contribution < 1.29 is 9.90 Å². The van der Waals surface area contributed by atoms with Crippen molar-refractivity contribution in [3.8, 4) is 0 Å². The Morgan fingerprint density at radius 3 is 2.16 bits per heavy atom. The Morgan fingerprint density at radius 1 is 0.947 bits per heavy atom. The Hall–Kier alpha value is -1.42. The highest BCUT2D eigenvalue weighted by Gasteiger charge is 2.11. The van der Waals surface area contributed by atoms with Gasteiger partial charge in [-0.3, -0.25) is 0 Å². The van der Waals surface area contributed by atoms with E-state index in [1.54, 1.807) is 30.3 Å². The topological polar surface area (TPSA) is 49.3 Å². The van der Waals surface area contributed by atoms with Crippen LogP contribution in [-0.4, -0.2) is 11.1 Å². The van der Waals surface area contributed by atoms with E-state index in [0.29, 0.717) is 26.4 Å². The second-order valence-electron chi connectivity index (χ2n) is 3.78. The maximum absolute atomic E-state index is 11.1. The van der Waals surface area contributed by atoms with E-state index in [2.05, 4.69) is 5.32 Å². The fraction of sp³-hybridized carbons (Fsp3) is 0. The predicted octanol–water partition coefficient (Wildman–Crippen LogP) is 5.09. The van der Waals surface area contributed by atoms with Crippen LogP contribution in [-0.2, 0) is 0 Å². The monoisotopic (exact) mass is 315 g/mol. The largest absolute Gasteiger partial charge is 0.478 e. The molecule has 0 bridgehead atoms. The lowest BCUT2D eigenvalue weighted by Gasteiger charge is -2.10. The third-order valence-electron chi connectivity index (χ3n) is 2.35. The minimum absolute atomic E-state index is 0.0728. The number of hydrogen-bond acceptors (Lipinski definition) is 2. The predicted molar refractivity (Wildman–Crippen MR) is 78.2 cm³/mol. The van der Waals surface area contributed by atoms with Crippen LogP contribution in [0.2, 0.25) is 15.1 Å². The maximum Gasteiger partial charge on any atom is 0.337 e. The molecule has 0 heterocycles. The molecule has 0 aliphatic carbocycles. The Kier molecular flexibility index (Phi) is 4.20. The molecule has 0 fully saturated rings. The highest BCUT2D eigenvalue weighted by Crippen LogP contribution is 2.28. The van der Waals surface area contributed by atoms with Crippen LogP contribution in [0.5, 0.6) is 0 Å². The van der Waals surface area contributed by atoms with Crippen molar-refractivity contribution in [1.29, 1.82) is 0 Å². The molecule has 0 aliphatic heterocycles. The molecule has 2 aromatic rings. The summed E-state index contributed by atoms with van der Waals surface area (Å²) in [6, 6.07) is 9.44. The molecular weight excluding hydrogens is 309 g/mol. The van der Waals surface area contributed by atoms with Gasteiger partial charge >= 0.3 is 5.97 Å². The minimum atomic E-state index is -1.07. The van der Waals surface area contributed by atoms with Gasteiger partial charge in [0.25, 0.3) is 0 Å². The smallest absolute Gasteiger partial charge is 0.337 e. The van der Waals surface area contributed by atoms with Gasteiger partial charge in [0.15, 0.2) is 0 Å². The molecule has 2 rings (SSSR count). The second kappa shape index (κ2) is 5.70. The van der Waals surface area contributed by atoms with Crippen LogP contribution in [0.3, 0.4) is 0 Å². The van der Waals surface area contributed by atoms with Gasteiger partial charge in [-0.05, 0) is 36.4 Å². The van der Waals surface area contributed by atoms with Gasteiger partial charge in [-0.15, -0.1) is 0 Å². The van der Waals surface area contributed by atoms with Gasteiger partial charge < -0.3 is 10.4 Å². The van der Waals surface area contributed by atoms with E-state index in [9.17, 15) is 4.79 Å². The molecule has 0 radical (unpaired) electrons. The molecule has 98 valence electrons. The van der Waals surface area contributed by atoms with Crippen LogP contribution in [0.1, 0.15) is 10.4 Å². The van der Waals surface area contributed by atoms with Crippen molar-refractivity contribution in [3.63, 3.8) is 0 Å². The number of nitrogens with one attached hydrogen (secondary N) is 1. The number of hydrogen-bond donors (Lipinski definition) is 2. The molecule has 2 N–H and O–H groups in total. The summed E-state index contributed by atoms with van der Waals surface area (Å²) in [5.41, 5.74) is 1.08. The first-order valence-corrected chi connectivity index (χ1v) is 6.35. The molecule has 3 nitrogen and oxygen atoms in total. The normalized spacial score (nSPS) is 10.3. The summed E-state index contributed by atoms with van der Waals surface area (Å²) < 4.78 is 0. The van der Waals surface area contributed by atoms with Gasteiger partial charge in [0, 0.05) is 20.8 Å². The lowest BCUT2D eigenvalue weighted by molar-refractivity contribution is 0.0698. The molecule has 0 atom stereocenters. The first kappa shape index (κ1) is 14.0. The summed E-state index contributed by atoms with van der Waals surface area (Å²) in [5.74, 6) is -1.07.